The Morgan fingerprint density at radius 2 is 1.15 bits per heavy atom. The fourth-order valence-corrected chi connectivity index (χ4v) is 8.67. The second-order valence-corrected chi connectivity index (χ2v) is 14.8. The van der Waals surface area contributed by atoms with Crippen molar-refractivity contribution in [2.75, 3.05) is 16.8 Å². The van der Waals surface area contributed by atoms with Gasteiger partial charge in [0.1, 0.15) is 5.65 Å². The maximum absolute atomic E-state index is 5.54. The second-order valence-electron chi connectivity index (χ2n) is 14.8. The maximum Gasteiger partial charge on any atom is 0.197 e. The molecule has 0 saturated carbocycles. The standard InChI is InChI=1S/C52H36BN6.Pt/c1-56-36-57(48-32-14-13-31-47(48)56)42-26-15-22-39(34-42)53(40-23-16-27-43(35-40)58-46-30-12-11-28-44(46)45-29-17-33-54-52(45)58)49-50(37-18-5-2-6-19-37)55-59(41-24-9-4-10-25-41)51(49)38-20-7-3-8-21-38;/h2-33,36H,1H3;/q-3;. The van der Waals surface area contributed by atoms with E-state index in [4.69, 9.17) is 10.1 Å². The monoisotopic (exact) mass is 950 g/mol. The fraction of sp³-hybridized carbons (Fsp3) is 0.0192. The number of aromatic nitrogens is 4. The van der Waals surface area contributed by atoms with E-state index >= 15 is 0 Å². The summed E-state index contributed by atoms with van der Waals surface area (Å²) in [5.74, 6) is 0. The van der Waals surface area contributed by atoms with Crippen molar-refractivity contribution in [3.63, 3.8) is 0 Å². The summed E-state index contributed by atoms with van der Waals surface area (Å²) < 4.78 is 4.35. The van der Waals surface area contributed by atoms with Gasteiger partial charge in [-0.1, -0.05) is 115 Å². The van der Waals surface area contributed by atoms with Crippen LogP contribution in [-0.4, -0.2) is 33.1 Å². The molecular weight excluding hydrogens is 915 g/mol. The average molecular weight is 951 g/mol. The molecular formula is C52H36BN6Pt-3. The SMILES string of the molecule is CN1[CH-]N(c2[c-]c(B(c3[c-]c(-n4c5ccccc5c5cccnc54)ccc3)c3c(-c4ccccc4)nn(-c4ccccc4)c3-c3ccccc3)ccc2)c2ccccc21.[Pt]. The molecule has 8 heteroatoms. The van der Waals surface area contributed by atoms with E-state index in [9.17, 15) is 0 Å². The summed E-state index contributed by atoms with van der Waals surface area (Å²) in [4.78, 5) is 9.31. The van der Waals surface area contributed by atoms with Gasteiger partial charge >= 0.3 is 0 Å². The predicted octanol–water partition coefficient (Wildman–Crippen LogP) is 9.52. The third kappa shape index (κ3) is 6.34. The molecule has 0 atom stereocenters. The number of rotatable bonds is 8. The molecule has 10 aromatic rings. The minimum atomic E-state index is -0.352. The minimum absolute atomic E-state index is 0. The Bertz CT molecular complexity index is 3070. The largest absolute Gasteiger partial charge is 0.504 e. The van der Waals surface area contributed by atoms with Crippen molar-refractivity contribution in [1.29, 1.82) is 0 Å². The van der Waals surface area contributed by atoms with Gasteiger partial charge in [-0.25, -0.2) is 9.67 Å². The number of nitrogens with zero attached hydrogens (tertiary/aromatic N) is 6. The molecule has 0 saturated heterocycles. The number of pyridine rings is 1. The maximum atomic E-state index is 5.54. The van der Waals surface area contributed by atoms with Crippen LogP contribution in [0.15, 0.2) is 194 Å². The zero-order valence-electron chi connectivity index (χ0n) is 32.6. The molecule has 60 heavy (non-hydrogen) atoms. The molecule has 7 aromatic carbocycles. The van der Waals surface area contributed by atoms with Crippen molar-refractivity contribution < 1.29 is 21.1 Å². The third-order valence-electron chi connectivity index (χ3n) is 11.3. The Labute approximate surface area is 364 Å². The number of hydrogen-bond donors (Lipinski definition) is 0. The first-order valence-electron chi connectivity index (χ1n) is 19.9. The molecule has 3 aromatic heterocycles. The summed E-state index contributed by atoms with van der Waals surface area (Å²) in [6.07, 6.45) is 1.87. The number of benzene rings is 7. The fourth-order valence-electron chi connectivity index (χ4n) is 8.67. The average Bonchev–Trinajstić information content (AvgIpc) is 3.98. The smallest absolute Gasteiger partial charge is 0.197 e. The topological polar surface area (TPSA) is 42.1 Å². The van der Waals surface area contributed by atoms with E-state index < -0.39 is 0 Å². The summed E-state index contributed by atoms with van der Waals surface area (Å²) in [6, 6.07) is 73.7. The number of para-hydroxylation sites is 4. The molecule has 11 rings (SSSR count). The Hall–Kier alpha value is -6.95. The summed E-state index contributed by atoms with van der Waals surface area (Å²) >= 11 is 0. The number of fused-ring (bicyclic) bond motifs is 4. The van der Waals surface area contributed by atoms with E-state index in [2.05, 4.69) is 221 Å². The van der Waals surface area contributed by atoms with Crippen LogP contribution >= 0.6 is 0 Å². The molecule has 0 radical (unpaired) electrons. The van der Waals surface area contributed by atoms with Gasteiger partial charge in [0.15, 0.2) is 6.71 Å². The van der Waals surface area contributed by atoms with Gasteiger partial charge in [-0.3, -0.25) is 0 Å². The molecule has 4 heterocycles. The molecule has 0 bridgehead atoms. The van der Waals surface area contributed by atoms with Crippen molar-refractivity contribution in [2.24, 2.45) is 0 Å². The van der Waals surface area contributed by atoms with Crippen molar-refractivity contribution in [1.82, 2.24) is 19.3 Å². The van der Waals surface area contributed by atoms with Crippen LogP contribution in [0.5, 0.6) is 0 Å². The van der Waals surface area contributed by atoms with E-state index in [1.165, 1.54) is 0 Å². The Morgan fingerprint density at radius 3 is 1.90 bits per heavy atom. The number of hydrogen-bond acceptors (Lipinski definition) is 4. The Morgan fingerprint density at radius 1 is 0.550 bits per heavy atom. The Kier molecular flexibility index (Phi) is 9.75. The molecule has 0 N–H and O–H groups in total. The molecule has 0 spiro atoms. The van der Waals surface area contributed by atoms with Gasteiger partial charge in [0, 0.05) is 55.0 Å². The molecule has 0 aliphatic carbocycles. The molecule has 1 aliphatic heterocycles. The van der Waals surface area contributed by atoms with Crippen molar-refractivity contribution >= 4 is 62.1 Å². The zero-order valence-corrected chi connectivity index (χ0v) is 34.9. The molecule has 0 unspecified atom stereocenters. The summed E-state index contributed by atoms with van der Waals surface area (Å²) in [5, 5.41) is 7.80. The van der Waals surface area contributed by atoms with Crippen LogP contribution in [0.3, 0.4) is 0 Å². The van der Waals surface area contributed by atoms with Crippen molar-refractivity contribution in [3.8, 4) is 33.9 Å². The predicted molar refractivity (Wildman–Crippen MR) is 243 cm³/mol. The third-order valence-corrected chi connectivity index (χ3v) is 11.3. The Balaban J connectivity index is 0.00000433. The molecule has 0 fully saturated rings. The van der Waals surface area contributed by atoms with Gasteiger partial charge in [0.05, 0.1) is 22.6 Å². The zero-order chi connectivity index (χ0) is 39.3. The van der Waals surface area contributed by atoms with E-state index in [1.807, 2.05) is 18.3 Å². The van der Waals surface area contributed by atoms with Gasteiger partial charge in [-0.15, -0.1) is 11.8 Å². The van der Waals surface area contributed by atoms with E-state index in [1.54, 1.807) is 0 Å². The van der Waals surface area contributed by atoms with Crippen LogP contribution in [0, 0.1) is 18.8 Å². The van der Waals surface area contributed by atoms with Crippen molar-refractivity contribution in [2.45, 2.75) is 0 Å². The quantitative estimate of drug-likeness (QED) is 0.113. The molecule has 290 valence electrons. The molecule has 0 amide bonds. The second kappa shape index (κ2) is 15.7. The summed E-state index contributed by atoms with van der Waals surface area (Å²) in [6.45, 7) is 1.78. The van der Waals surface area contributed by atoms with E-state index in [0.29, 0.717) is 0 Å². The first kappa shape index (κ1) is 37.3. The first-order valence-corrected chi connectivity index (χ1v) is 19.9. The number of anilines is 3. The van der Waals surface area contributed by atoms with Crippen molar-refractivity contribution in [3.05, 3.63) is 213 Å². The first-order chi connectivity index (χ1) is 29.2. The van der Waals surface area contributed by atoms with Crippen LogP contribution in [0.4, 0.5) is 17.1 Å². The van der Waals surface area contributed by atoms with Gasteiger partial charge in [0.2, 0.25) is 0 Å². The summed E-state index contributed by atoms with van der Waals surface area (Å²) in [5.41, 5.74) is 14.1. The minimum Gasteiger partial charge on any atom is -0.504 e. The molecule has 1 aliphatic rings. The van der Waals surface area contributed by atoms with Crippen LogP contribution < -0.4 is 26.2 Å². The summed E-state index contributed by atoms with van der Waals surface area (Å²) in [7, 11) is 2.09. The molecule has 6 nitrogen and oxygen atoms in total. The van der Waals surface area contributed by atoms with Crippen LogP contribution in [-0.2, 0) is 21.1 Å². The van der Waals surface area contributed by atoms with Crippen LogP contribution in [0.1, 0.15) is 0 Å². The van der Waals surface area contributed by atoms with Gasteiger partial charge in [-0.2, -0.15) is 65.2 Å². The van der Waals surface area contributed by atoms with Gasteiger partial charge in [0.25, 0.3) is 0 Å². The normalized spacial score (nSPS) is 12.2. The van der Waals surface area contributed by atoms with Gasteiger partial charge in [-0.05, 0) is 60.5 Å². The van der Waals surface area contributed by atoms with Crippen LogP contribution in [0.2, 0.25) is 0 Å². The van der Waals surface area contributed by atoms with Crippen LogP contribution in [0.25, 0.3) is 55.8 Å². The van der Waals surface area contributed by atoms with E-state index in [0.717, 1.165) is 89.3 Å². The van der Waals surface area contributed by atoms with Gasteiger partial charge < -0.3 is 14.4 Å². The van der Waals surface area contributed by atoms with E-state index in [-0.39, 0.29) is 27.8 Å².